The highest BCUT2D eigenvalue weighted by atomic mass is 19.1. The number of nitrogens with zero attached hydrogens (tertiary/aromatic N) is 1. The summed E-state index contributed by atoms with van der Waals surface area (Å²) in [7, 11) is 0. The summed E-state index contributed by atoms with van der Waals surface area (Å²) in [5.74, 6) is -0.231. The molecular weight excluding hydrogens is 205 g/mol. The molecule has 0 saturated heterocycles. The number of aromatic amines is 1. The van der Waals surface area contributed by atoms with Gasteiger partial charge in [0.05, 0.1) is 5.69 Å². The van der Waals surface area contributed by atoms with Gasteiger partial charge >= 0.3 is 0 Å². The minimum atomic E-state index is -0.231. The van der Waals surface area contributed by atoms with Crippen molar-refractivity contribution in [3.63, 3.8) is 0 Å². The fourth-order valence-corrected chi connectivity index (χ4v) is 1.80. The summed E-state index contributed by atoms with van der Waals surface area (Å²) in [6, 6.07) is 6.42. The molecule has 0 atom stereocenters. The van der Waals surface area contributed by atoms with Crippen molar-refractivity contribution in [1.29, 1.82) is 0 Å². The number of H-pyrrole nitrogens is 1. The lowest BCUT2D eigenvalue weighted by atomic mass is 10.0. The fraction of sp³-hybridized carbons (Fsp3) is 0.250. The Morgan fingerprint density at radius 1 is 1.31 bits per heavy atom. The highest BCUT2D eigenvalue weighted by Gasteiger charge is 2.11. The van der Waals surface area contributed by atoms with Crippen molar-refractivity contribution in [1.82, 2.24) is 10.2 Å². The zero-order valence-electron chi connectivity index (χ0n) is 9.13. The third kappa shape index (κ3) is 1.97. The minimum absolute atomic E-state index is 0.231. The number of rotatable bonds is 3. The third-order valence-corrected chi connectivity index (χ3v) is 2.54. The first kappa shape index (κ1) is 10.8. The number of aromatic nitrogens is 2. The van der Waals surface area contributed by atoms with Crippen LogP contribution in [0, 0.1) is 12.7 Å². The number of nitrogens with two attached hydrogens (primary N) is 1. The van der Waals surface area contributed by atoms with E-state index >= 15 is 0 Å². The Morgan fingerprint density at radius 3 is 2.62 bits per heavy atom. The number of nitrogens with one attached hydrogen (secondary N) is 1. The second-order valence-corrected chi connectivity index (χ2v) is 3.72. The van der Waals surface area contributed by atoms with Crippen LogP contribution in [0.1, 0.15) is 11.4 Å². The highest BCUT2D eigenvalue weighted by Crippen LogP contribution is 2.25. The Balaban J connectivity index is 2.45. The fourth-order valence-electron chi connectivity index (χ4n) is 1.80. The van der Waals surface area contributed by atoms with E-state index < -0.39 is 0 Å². The van der Waals surface area contributed by atoms with Crippen LogP contribution in [-0.4, -0.2) is 16.7 Å². The maximum Gasteiger partial charge on any atom is 0.123 e. The van der Waals surface area contributed by atoms with E-state index in [0.717, 1.165) is 28.9 Å². The van der Waals surface area contributed by atoms with Crippen molar-refractivity contribution < 1.29 is 4.39 Å². The van der Waals surface area contributed by atoms with Crippen LogP contribution in [0.5, 0.6) is 0 Å². The van der Waals surface area contributed by atoms with E-state index in [-0.39, 0.29) is 5.82 Å². The predicted molar refractivity (Wildman–Crippen MR) is 61.5 cm³/mol. The molecule has 0 spiro atoms. The van der Waals surface area contributed by atoms with Crippen LogP contribution >= 0.6 is 0 Å². The second kappa shape index (κ2) is 4.45. The molecule has 4 heteroatoms. The molecule has 0 aliphatic carbocycles. The number of hydrogen-bond acceptors (Lipinski definition) is 2. The Labute approximate surface area is 93.5 Å². The van der Waals surface area contributed by atoms with E-state index in [4.69, 9.17) is 5.73 Å². The van der Waals surface area contributed by atoms with Crippen LogP contribution in [0.3, 0.4) is 0 Å². The van der Waals surface area contributed by atoms with Gasteiger partial charge in [-0.15, -0.1) is 0 Å². The first-order valence-corrected chi connectivity index (χ1v) is 5.22. The Morgan fingerprint density at radius 2 is 2.00 bits per heavy atom. The molecule has 0 radical (unpaired) electrons. The number of hydrogen-bond donors (Lipinski definition) is 2. The van der Waals surface area contributed by atoms with Crippen molar-refractivity contribution in [3.8, 4) is 11.1 Å². The molecule has 16 heavy (non-hydrogen) atoms. The van der Waals surface area contributed by atoms with E-state index in [1.807, 2.05) is 6.92 Å². The molecular formula is C12H14FN3. The molecule has 3 N–H and O–H groups in total. The van der Waals surface area contributed by atoms with E-state index in [2.05, 4.69) is 10.2 Å². The smallest absolute Gasteiger partial charge is 0.123 e. The molecule has 1 heterocycles. The average molecular weight is 219 g/mol. The van der Waals surface area contributed by atoms with Crippen LogP contribution in [0.15, 0.2) is 24.3 Å². The van der Waals surface area contributed by atoms with Gasteiger partial charge in [-0.2, -0.15) is 5.10 Å². The zero-order chi connectivity index (χ0) is 11.5. The van der Waals surface area contributed by atoms with Gasteiger partial charge < -0.3 is 5.73 Å². The Hall–Kier alpha value is -1.68. The molecule has 2 aromatic rings. The summed E-state index contributed by atoms with van der Waals surface area (Å²) in [5.41, 5.74) is 9.45. The predicted octanol–water partition coefficient (Wildman–Crippen LogP) is 2.03. The van der Waals surface area contributed by atoms with Crippen LogP contribution in [-0.2, 0) is 6.42 Å². The van der Waals surface area contributed by atoms with Crippen molar-refractivity contribution in [2.75, 3.05) is 6.54 Å². The molecule has 1 aromatic heterocycles. The topological polar surface area (TPSA) is 54.7 Å². The maximum atomic E-state index is 12.8. The molecule has 0 amide bonds. The summed E-state index contributed by atoms with van der Waals surface area (Å²) in [5, 5.41) is 7.14. The zero-order valence-corrected chi connectivity index (χ0v) is 9.13. The Kier molecular flexibility index (Phi) is 3.01. The summed E-state index contributed by atoms with van der Waals surface area (Å²) in [6.07, 6.45) is 0.719. The van der Waals surface area contributed by atoms with E-state index in [9.17, 15) is 4.39 Å². The lowest BCUT2D eigenvalue weighted by Gasteiger charge is -2.03. The van der Waals surface area contributed by atoms with Gasteiger partial charge in [0.1, 0.15) is 5.82 Å². The van der Waals surface area contributed by atoms with Gasteiger partial charge in [0.2, 0.25) is 0 Å². The summed E-state index contributed by atoms with van der Waals surface area (Å²) in [4.78, 5) is 0. The molecule has 3 nitrogen and oxygen atoms in total. The van der Waals surface area contributed by atoms with Crippen LogP contribution in [0.25, 0.3) is 11.1 Å². The van der Waals surface area contributed by atoms with Crippen LogP contribution in [0.2, 0.25) is 0 Å². The van der Waals surface area contributed by atoms with Gasteiger partial charge in [-0.3, -0.25) is 5.10 Å². The first-order valence-electron chi connectivity index (χ1n) is 5.22. The van der Waals surface area contributed by atoms with Crippen LogP contribution < -0.4 is 5.73 Å². The number of aryl methyl sites for hydroxylation is 1. The quantitative estimate of drug-likeness (QED) is 0.829. The molecule has 0 unspecified atom stereocenters. The molecule has 0 aliphatic rings. The largest absolute Gasteiger partial charge is 0.330 e. The van der Waals surface area contributed by atoms with Crippen LogP contribution in [0.4, 0.5) is 4.39 Å². The maximum absolute atomic E-state index is 12.8. The van der Waals surface area contributed by atoms with E-state index in [1.165, 1.54) is 12.1 Å². The van der Waals surface area contributed by atoms with Crippen molar-refractivity contribution in [2.24, 2.45) is 5.73 Å². The normalized spacial score (nSPS) is 10.7. The monoisotopic (exact) mass is 219 g/mol. The molecule has 2 rings (SSSR count). The molecule has 0 fully saturated rings. The van der Waals surface area contributed by atoms with Gasteiger partial charge in [0, 0.05) is 17.7 Å². The van der Waals surface area contributed by atoms with Crippen molar-refractivity contribution in [3.05, 3.63) is 41.5 Å². The minimum Gasteiger partial charge on any atom is -0.330 e. The van der Waals surface area contributed by atoms with Gasteiger partial charge in [0.25, 0.3) is 0 Å². The standard InChI is InChI=1S/C12H14FN3/c1-8-12(11(6-7-14)16-15-8)9-2-4-10(13)5-3-9/h2-5H,6-7,14H2,1H3,(H,15,16). The number of halogens is 1. The van der Waals surface area contributed by atoms with Gasteiger partial charge in [-0.05, 0) is 31.2 Å². The third-order valence-electron chi connectivity index (χ3n) is 2.54. The summed E-state index contributed by atoms with van der Waals surface area (Å²) < 4.78 is 12.8. The second-order valence-electron chi connectivity index (χ2n) is 3.72. The average Bonchev–Trinajstić information content (AvgIpc) is 2.62. The molecule has 1 aromatic carbocycles. The van der Waals surface area contributed by atoms with Gasteiger partial charge in [-0.1, -0.05) is 12.1 Å². The molecule has 84 valence electrons. The van der Waals surface area contributed by atoms with Crippen molar-refractivity contribution >= 4 is 0 Å². The molecule has 0 bridgehead atoms. The SMILES string of the molecule is Cc1[nH]nc(CCN)c1-c1ccc(F)cc1. The Bertz CT molecular complexity index is 474. The summed E-state index contributed by atoms with van der Waals surface area (Å²) in [6.45, 7) is 2.50. The number of benzene rings is 1. The molecule has 0 aliphatic heterocycles. The van der Waals surface area contributed by atoms with Gasteiger partial charge in [0.15, 0.2) is 0 Å². The van der Waals surface area contributed by atoms with Gasteiger partial charge in [-0.25, -0.2) is 4.39 Å². The lowest BCUT2D eigenvalue weighted by molar-refractivity contribution is 0.628. The highest BCUT2D eigenvalue weighted by molar-refractivity contribution is 5.68. The van der Waals surface area contributed by atoms with E-state index in [1.54, 1.807) is 12.1 Å². The molecule has 0 saturated carbocycles. The first-order chi connectivity index (χ1) is 7.72. The van der Waals surface area contributed by atoms with Crippen molar-refractivity contribution in [2.45, 2.75) is 13.3 Å². The summed E-state index contributed by atoms with van der Waals surface area (Å²) >= 11 is 0. The van der Waals surface area contributed by atoms with E-state index in [0.29, 0.717) is 6.54 Å². The lowest BCUT2D eigenvalue weighted by Crippen LogP contribution is -2.04.